The highest BCUT2D eigenvalue weighted by atomic mass is 16.5. The van der Waals surface area contributed by atoms with Gasteiger partial charge in [0.2, 0.25) is 11.8 Å². The van der Waals surface area contributed by atoms with E-state index in [0.29, 0.717) is 18.9 Å². The van der Waals surface area contributed by atoms with E-state index in [1.54, 1.807) is 0 Å². The number of rotatable bonds is 11. The smallest absolute Gasteiger partial charge is 0.243 e. The van der Waals surface area contributed by atoms with Crippen LogP contribution in [0.4, 0.5) is 0 Å². The highest BCUT2D eigenvalue weighted by Gasteiger charge is 2.32. The van der Waals surface area contributed by atoms with Gasteiger partial charge in [-0.2, -0.15) is 0 Å². The second-order valence-corrected chi connectivity index (χ2v) is 11.7. The van der Waals surface area contributed by atoms with Crippen molar-refractivity contribution in [1.29, 1.82) is 0 Å². The first-order chi connectivity index (χ1) is 17.6. The molecule has 1 fully saturated rings. The number of benzene rings is 2. The van der Waals surface area contributed by atoms with E-state index < -0.39 is 6.04 Å². The van der Waals surface area contributed by atoms with Crippen LogP contribution in [0.1, 0.15) is 71.4 Å². The second kappa shape index (κ2) is 13.6. The lowest BCUT2D eigenvalue weighted by Gasteiger charge is -2.35. The quantitative estimate of drug-likeness (QED) is 0.444. The largest absolute Gasteiger partial charge is 0.489 e. The minimum Gasteiger partial charge on any atom is -0.489 e. The summed E-state index contributed by atoms with van der Waals surface area (Å²) in [5.74, 6) is 0.956. The molecule has 0 aromatic heterocycles. The van der Waals surface area contributed by atoms with E-state index in [1.165, 1.54) is 6.42 Å². The van der Waals surface area contributed by atoms with E-state index in [0.717, 1.165) is 49.2 Å². The Morgan fingerprint density at radius 2 is 1.54 bits per heavy atom. The first kappa shape index (κ1) is 28.7. The van der Waals surface area contributed by atoms with Gasteiger partial charge in [0, 0.05) is 12.0 Å². The van der Waals surface area contributed by atoms with Crippen LogP contribution in [0.15, 0.2) is 54.6 Å². The monoisotopic (exact) mass is 507 g/mol. The second-order valence-electron chi connectivity index (χ2n) is 11.7. The van der Waals surface area contributed by atoms with E-state index in [-0.39, 0.29) is 23.4 Å². The zero-order chi connectivity index (χ0) is 26.8. The highest BCUT2D eigenvalue weighted by Crippen LogP contribution is 2.19. The normalized spacial score (nSPS) is 16.2. The molecular formula is C31H45N3O3. The molecule has 1 aliphatic rings. The number of hydrogen-bond donors (Lipinski definition) is 2. The van der Waals surface area contributed by atoms with Crippen molar-refractivity contribution in [1.82, 2.24) is 15.5 Å². The molecule has 202 valence electrons. The van der Waals surface area contributed by atoms with Gasteiger partial charge in [0.05, 0.1) is 6.04 Å². The predicted molar refractivity (Wildman–Crippen MR) is 149 cm³/mol. The summed E-state index contributed by atoms with van der Waals surface area (Å²) < 4.78 is 5.91. The average molecular weight is 508 g/mol. The fourth-order valence-electron chi connectivity index (χ4n) is 4.73. The number of nitrogens with zero attached hydrogens (tertiary/aromatic N) is 1. The lowest BCUT2D eigenvalue weighted by molar-refractivity contribution is -0.133. The van der Waals surface area contributed by atoms with Crippen LogP contribution < -0.4 is 15.4 Å². The summed E-state index contributed by atoms with van der Waals surface area (Å²) in [6.07, 6.45) is 4.66. The minimum absolute atomic E-state index is 0.0486. The molecule has 6 heteroatoms. The summed E-state index contributed by atoms with van der Waals surface area (Å²) in [5, 5.41) is 6.19. The SMILES string of the molecule is CC(C)C[C@H](C(=O)N[C@@H](Cc1ccc(OCc2ccccc2)cc1)C(=O)NC(C)(C)C)N1CCCCC1. The van der Waals surface area contributed by atoms with Gasteiger partial charge in [-0.1, -0.05) is 62.7 Å². The maximum Gasteiger partial charge on any atom is 0.243 e. The van der Waals surface area contributed by atoms with Crippen LogP contribution in [0.2, 0.25) is 0 Å². The Morgan fingerprint density at radius 3 is 2.14 bits per heavy atom. The molecule has 2 aromatic rings. The number of hydrogen-bond acceptors (Lipinski definition) is 4. The molecule has 2 aromatic carbocycles. The Kier molecular flexibility index (Phi) is 10.6. The van der Waals surface area contributed by atoms with Gasteiger partial charge >= 0.3 is 0 Å². The van der Waals surface area contributed by atoms with Crippen molar-refractivity contribution in [2.45, 2.75) is 91.0 Å². The number of carbonyl (C=O) groups excluding carboxylic acids is 2. The third-order valence-corrected chi connectivity index (χ3v) is 6.57. The molecule has 0 unspecified atom stereocenters. The van der Waals surface area contributed by atoms with Crippen molar-refractivity contribution >= 4 is 11.8 Å². The zero-order valence-electron chi connectivity index (χ0n) is 23.3. The zero-order valence-corrected chi connectivity index (χ0v) is 23.3. The molecule has 0 spiro atoms. The molecule has 1 saturated heterocycles. The summed E-state index contributed by atoms with van der Waals surface area (Å²) in [6, 6.07) is 17.0. The number of nitrogens with one attached hydrogen (secondary N) is 2. The topological polar surface area (TPSA) is 70.7 Å². The van der Waals surface area contributed by atoms with Crippen LogP contribution in [0.5, 0.6) is 5.75 Å². The van der Waals surface area contributed by atoms with Crippen LogP contribution in [-0.2, 0) is 22.6 Å². The molecule has 0 saturated carbocycles. The molecule has 0 bridgehead atoms. The maximum atomic E-state index is 13.6. The van der Waals surface area contributed by atoms with Gasteiger partial charge in [-0.15, -0.1) is 0 Å². The van der Waals surface area contributed by atoms with Gasteiger partial charge in [0.25, 0.3) is 0 Å². The Balaban J connectivity index is 1.70. The van der Waals surface area contributed by atoms with Crippen LogP contribution in [-0.4, -0.2) is 47.4 Å². The molecule has 2 atom stereocenters. The van der Waals surface area contributed by atoms with Gasteiger partial charge in [-0.25, -0.2) is 0 Å². The molecule has 0 aliphatic carbocycles. The van der Waals surface area contributed by atoms with E-state index in [9.17, 15) is 9.59 Å². The fourth-order valence-corrected chi connectivity index (χ4v) is 4.73. The lowest BCUT2D eigenvalue weighted by atomic mass is 9.97. The molecule has 1 heterocycles. The molecule has 2 amide bonds. The number of likely N-dealkylation sites (tertiary alicyclic amines) is 1. The van der Waals surface area contributed by atoms with E-state index >= 15 is 0 Å². The lowest BCUT2D eigenvalue weighted by Crippen LogP contribution is -2.57. The van der Waals surface area contributed by atoms with E-state index in [4.69, 9.17) is 4.74 Å². The van der Waals surface area contributed by atoms with Crippen molar-refractivity contribution in [3.8, 4) is 5.75 Å². The Hall–Kier alpha value is -2.86. The molecule has 37 heavy (non-hydrogen) atoms. The Morgan fingerprint density at radius 1 is 0.892 bits per heavy atom. The Labute approximate surface area is 223 Å². The first-order valence-corrected chi connectivity index (χ1v) is 13.7. The van der Waals surface area contributed by atoms with Gasteiger partial charge in [0.1, 0.15) is 18.4 Å². The third kappa shape index (κ3) is 9.84. The number of piperidine rings is 1. The van der Waals surface area contributed by atoms with Gasteiger partial charge in [0.15, 0.2) is 0 Å². The summed E-state index contributed by atoms with van der Waals surface area (Å²) in [6.45, 7) is 12.5. The fraction of sp³-hybridized carbons (Fsp3) is 0.548. The van der Waals surface area contributed by atoms with E-state index in [2.05, 4.69) is 29.4 Å². The van der Waals surface area contributed by atoms with Gasteiger partial charge in [-0.05, 0) is 82.3 Å². The van der Waals surface area contributed by atoms with Crippen LogP contribution in [0.3, 0.4) is 0 Å². The third-order valence-electron chi connectivity index (χ3n) is 6.57. The number of carbonyl (C=O) groups is 2. The van der Waals surface area contributed by atoms with Crippen molar-refractivity contribution in [2.24, 2.45) is 5.92 Å². The average Bonchev–Trinajstić information content (AvgIpc) is 2.86. The van der Waals surface area contributed by atoms with Crippen molar-refractivity contribution in [3.63, 3.8) is 0 Å². The standard InChI is InChI=1S/C31H45N3O3/c1-23(2)20-28(34-18-10-7-11-19-34)30(36)32-27(29(35)33-31(3,4)5)21-24-14-16-26(17-15-24)37-22-25-12-8-6-9-13-25/h6,8-9,12-17,23,27-28H,7,10-11,18-22H2,1-5H3,(H,32,36)(H,33,35)/t27-,28+/m0/s1. The summed E-state index contributed by atoms with van der Waals surface area (Å²) in [5.41, 5.74) is 1.69. The summed E-state index contributed by atoms with van der Waals surface area (Å²) in [4.78, 5) is 29.2. The minimum atomic E-state index is -0.651. The van der Waals surface area contributed by atoms with Crippen molar-refractivity contribution < 1.29 is 14.3 Å². The highest BCUT2D eigenvalue weighted by molar-refractivity contribution is 5.90. The predicted octanol–water partition coefficient (Wildman–Crippen LogP) is 5.11. The molecular weight excluding hydrogens is 462 g/mol. The molecule has 1 aliphatic heterocycles. The van der Waals surface area contributed by atoms with Crippen LogP contribution >= 0.6 is 0 Å². The summed E-state index contributed by atoms with van der Waals surface area (Å²) >= 11 is 0. The van der Waals surface area contributed by atoms with Crippen molar-refractivity contribution in [2.75, 3.05) is 13.1 Å². The summed E-state index contributed by atoms with van der Waals surface area (Å²) in [7, 11) is 0. The number of amides is 2. The molecule has 0 radical (unpaired) electrons. The van der Waals surface area contributed by atoms with Crippen LogP contribution in [0.25, 0.3) is 0 Å². The Bertz CT molecular complexity index is 977. The van der Waals surface area contributed by atoms with E-state index in [1.807, 2.05) is 75.4 Å². The molecule has 2 N–H and O–H groups in total. The number of ether oxygens (including phenoxy) is 1. The molecule has 6 nitrogen and oxygen atoms in total. The molecule has 3 rings (SSSR count). The van der Waals surface area contributed by atoms with Gasteiger partial charge in [-0.3, -0.25) is 14.5 Å². The first-order valence-electron chi connectivity index (χ1n) is 13.7. The van der Waals surface area contributed by atoms with Crippen LogP contribution in [0, 0.1) is 5.92 Å². The van der Waals surface area contributed by atoms with Gasteiger partial charge < -0.3 is 15.4 Å². The maximum absolute atomic E-state index is 13.6. The van der Waals surface area contributed by atoms with Crippen molar-refractivity contribution in [3.05, 3.63) is 65.7 Å².